The van der Waals surface area contributed by atoms with Gasteiger partial charge in [0.05, 0.1) is 18.0 Å². The molecule has 0 saturated heterocycles. The van der Waals surface area contributed by atoms with Crippen LogP contribution in [0.5, 0.6) is 5.75 Å². The maximum atomic E-state index is 12.2. The van der Waals surface area contributed by atoms with Crippen LogP contribution < -0.4 is 10.1 Å². The standard InChI is InChI=1S/C17H19ClN2O2S/c1-3-9-20(11-15-7-8-16(18)23-15)12-17(21)19-13-5-4-6-14(10-13)22-2/h3-8,10H,1,9,11-12H2,2H3,(H,19,21). The third-order valence-corrected chi connectivity index (χ3v) is 4.33. The summed E-state index contributed by atoms with van der Waals surface area (Å²) in [6, 6.07) is 11.1. The van der Waals surface area contributed by atoms with Crippen LogP contribution >= 0.6 is 22.9 Å². The molecule has 1 aromatic heterocycles. The van der Waals surface area contributed by atoms with E-state index in [9.17, 15) is 4.79 Å². The summed E-state index contributed by atoms with van der Waals surface area (Å²) in [7, 11) is 1.60. The largest absolute Gasteiger partial charge is 0.497 e. The number of nitrogens with zero attached hydrogens (tertiary/aromatic N) is 1. The molecular formula is C17H19ClN2O2S. The molecule has 0 atom stereocenters. The molecule has 23 heavy (non-hydrogen) atoms. The van der Waals surface area contributed by atoms with Crippen molar-refractivity contribution >= 4 is 34.5 Å². The van der Waals surface area contributed by atoms with Gasteiger partial charge in [-0.05, 0) is 24.3 Å². The normalized spacial score (nSPS) is 10.6. The fourth-order valence-electron chi connectivity index (χ4n) is 2.13. The van der Waals surface area contributed by atoms with Gasteiger partial charge in [-0.15, -0.1) is 17.9 Å². The first-order valence-electron chi connectivity index (χ1n) is 7.12. The molecule has 0 spiro atoms. The SMILES string of the molecule is C=CCN(CC(=O)Nc1cccc(OC)c1)Cc1ccc(Cl)s1. The monoisotopic (exact) mass is 350 g/mol. The summed E-state index contributed by atoms with van der Waals surface area (Å²) in [6.07, 6.45) is 1.79. The molecule has 6 heteroatoms. The molecule has 2 rings (SSSR count). The minimum atomic E-state index is -0.0808. The molecule has 2 aromatic rings. The van der Waals surface area contributed by atoms with Crippen molar-refractivity contribution in [3.63, 3.8) is 0 Å². The van der Waals surface area contributed by atoms with Crippen LogP contribution in [0.4, 0.5) is 5.69 Å². The van der Waals surface area contributed by atoms with Crippen LogP contribution in [0.2, 0.25) is 4.34 Å². The van der Waals surface area contributed by atoms with Crippen molar-refractivity contribution < 1.29 is 9.53 Å². The molecule has 0 aliphatic carbocycles. The molecule has 0 radical (unpaired) electrons. The van der Waals surface area contributed by atoms with Gasteiger partial charge in [-0.25, -0.2) is 0 Å². The smallest absolute Gasteiger partial charge is 0.238 e. The first kappa shape index (κ1) is 17.5. The third-order valence-electron chi connectivity index (χ3n) is 3.12. The number of methoxy groups -OCH3 is 1. The van der Waals surface area contributed by atoms with Crippen LogP contribution in [0.25, 0.3) is 0 Å². The van der Waals surface area contributed by atoms with E-state index in [1.165, 1.54) is 11.3 Å². The summed E-state index contributed by atoms with van der Waals surface area (Å²) in [5.74, 6) is 0.627. The maximum Gasteiger partial charge on any atom is 0.238 e. The van der Waals surface area contributed by atoms with E-state index in [1.54, 1.807) is 19.3 Å². The molecule has 1 aromatic carbocycles. The minimum Gasteiger partial charge on any atom is -0.497 e. The Morgan fingerprint density at radius 2 is 2.26 bits per heavy atom. The quantitative estimate of drug-likeness (QED) is 0.730. The van der Waals surface area contributed by atoms with Crippen LogP contribution in [0.3, 0.4) is 0 Å². The van der Waals surface area contributed by atoms with Crippen LogP contribution in [0.1, 0.15) is 4.88 Å². The second-order valence-electron chi connectivity index (χ2n) is 4.94. The summed E-state index contributed by atoms with van der Waals surface area (Å²) in [6.45, 7) is 5.31. The Hall–Kier alpha value is -1.82. The molecular weight excluding hydrogens is 332 g/mol. The maximum absolute atomic E-state index is 12.2. The van der Waals surface area contributed by atoms with Gasteiger partial charge in [-0.1, -0.05) is 23.7 Å². The molecule has 1 N–H and O–H groups in total. The van der Waals surface area contributed by atoms with Gasteiger partial charge in [-0.3, -0.25) is 9.69 Å². The average molecular weight is 351 g/mol. The summed E-state index contributed by atoms with van der Waals surface area (Å²) < 4.78 is 5.90. The minimum absolute atomic E-state index is 0.0808. The Kier molecular flexibility index (Phi) is 6.65. The van der Waals surface area contributed by atoms with E-state index in [4.69, 9.17) is 16.3 Å². The van der Waals surface area contributed by atoms with Crippen molar-refractivity contribution in [1.82, 2.24) is 4.90 Å². The van der Waals surface area contributed by atoms with E-state index in [2.05, 4.69) is 11.9 Å². The number of thiophene rings is 1. The zero-order valence-electron chi connectivity index (χ0n) is 12.9. The second-order valence-corrected chi connectivity index (χ2v) is 6.74. The Morgan fingerprint density at radius 3 is 2.91 bits per heavy atom. The lowest BCUT2D eigenvalue weighted by atomic mass is 10.3. The topological polar surface area (TPSA) is 41.6 Å². The van der Waals surface area contributed by atoms with Crippen LogP contribution in [0.15, 0.2) is 49.1 Å². The molecule has 0 unspecified atom stereocenters. The van der Waals surface area contributed by atoms with Crippen molar-refractivity contribution in [2.45, 2.75) is 6.54 Å². The fraction of sp³-hybridized carbons (Fsp3) is 0.235. The summed E-state index contributed by atoms with van der Waals surface area (Å²) in [4.78, 5) is 15.4. The van der Waals surface area contributed by atoms with Gasteiger partial charge in [0.2, 0.25) is 5.91 Å². The van der Waals surface area contributed by atoms with Crippen molar-refractivity contribution in [2.75, 3.05) is 25.5 Å². The van der Waals surface area contributed by atoms with E-state index in [0.29, 0.717) is 24.5 Å². The Balaban J connectivity index is 1.95. The number of hydrogen-bond donors (Lipinski definition) is 1. The van der Waals surface area contributed by atoms with Gasteiger partial charge in [0.25, 0.3) is 0 Å². The summed E-state index contributed by atoms with van der Waals surface area (Å²) >= 11 is 7.47. The van der Waals surface area contributed by atoms with E-state index >= 15 is 0 Å². The number of rotatable bonds is 8. The van der Waals surface area contributed by atoms with E-state index in [0.717, 1.165) is 9.21 Å². The lowest BCUT2D eigenvalue weighted by Crippen LogP contribution is -2.32. The van der Waals surface area contributed by atoms with Crippen molar-refractivity contribution in [2.24, 2.45) is 0 Å². The number of nitrogens with one attached hydrogen (secondary N) is 1. The highest BCUT2D eigenvalue weighted by molar-refractivity contribution is 7.16. The van der Waals surface area contributed by atoms with Crippen LogP contribution in [-0.4, -0.2) is 31.0 Å². The lowest BCUT2D eigenvalue weighted by Gasteiger charge is -2.19. The van der Waals surface area contributed by atoms with Crippen molar-refractivity contribution in [1.29, 1.82) is 0 Å². The van der Waals surface area contributed by atoms with E-state index in [1.807, 2.05) is 35.2 Å². The van der Waals surface area contributed by atoms with Crippen molar-refractivity contribution in [3.8, 4) is 5.75 Å². The molecule has 0 fully saturated rings. The first-order valence-corrected chi connectivity index (χ1v) is 8.31. The molecule has 0 aliphatic heterocycles. The number of ether oxygens (including phenoxy) is 1. The Bertz CT molecular complexity index is 672. The fourth-order valence-corrected chi connectivity index (χ4v) is 3.26. The second kappa shape index (κ2) is 8.72. The highest BCUT2D eigenvalue weighted by Crippen LogP contribution is 2.22. The summed E-state index contributed by atoms with van der Waals surface area (Å²) in [5, 5.41) is 2.88. The highest BCUT2D eigenvalue weighted by Gasteiger charge is 2.12. The summed E-state index contributed by atoms with van der Waals surface area (Å²) in [5.41, 5.74) is 0.715. The van der Waals surface area contributed by atoms with Gasteiger partial charge in [0.1, 0.15) is 5.75 Å². The zero-order valence-corrected chi connectivity index (χ0v) is 14.5. The molecule has 1 amide bonds. The van der Waals surface area contributed by atoms with E-state index in [-0.39, 0.29) is 12.5 Å². The first-order chi connectivity index (χ1) is 11.1. The molecule has 122 valence electrons. The Labute approximate surface area is 145 Å². The Morgan fingerprint density at radius 1 is 1.43 bits per heavy atom. The molecule has 1 heterocycles. The number of benzene rings is 1. The molecule has 0 aliphatic rings. The average Bonchev–Trinajstić information content (AvgIpc) is 2.92. The predicted octanol–water partition coefficient (Wildman–Crippen LogP) is 4.04. The molecule has 4 nitrogen and oxygen atoms in total. The van der Waals surface area contributed by atoms with Crippen LogP contribution in [0, 0.1) is 0 Å². The van der Waals surface area contributed by atoms with Gasteiger partial charge < -0.3 is 10.1 Å². The zero-order chi connectivity index (χ0) is 16.7. The predicted molar refractivity (Wildman–Crippen MR) is 96.4 cm³/mol. The molecule has 0 saturated carbocycles. The van der Waals surface area contributed by atoms with E-state index < -0.39 is 0 Å². The number of anilines is 1. The van der Waals surface area contributed by atoms with Gasteiger partial charge in [0, 0.05) is 29.7 Å². The van der Waals surface area contributed by atoms with Gasteiger partial charge >= 0.3 is 0 Å². The highest BCUT2D eigenvalue weighted by atomic mass is 35.5. The van der Waals surface area contributed by atoms with Crippen molar-refractivity contribution in [3.05, 3.63) is 58.3 Å². The number of hydrogen-bond acceptors (Lipinski definition) is 4. The number of carbonyl (C=O) groups is 1. The van der Waals surface area contributed by atoms with Crippen LogP contribution in [-0.2, 0) is 11.3 Å². The number of amides is 1. The van der Waals surface area contributed by atoms with Gasteiger partial charge in [0.15, 0.2) is 0 Å². The number of halogens is 1. The van der Waals surface area contributed by atoms with Gasteiger partial charge in [-0.2, -0.15) is 0 Å². The number of carbonyl (C=O) groups excluding carboxylic acids is 1. The third kappa shape index (κ3) is 5.71. The lowest BCUT2D eigenvalue weighted by molar-refractivity contribution is -0.117. The molecule has 0 bridgehead atoms.